The van der Waals surface area contributed by atoms with Crippen molar-refractivity contribution in [3.8, 4) is 0 Å². The number of hydrogen-bond acceptors (Lipinski definition) is 3. The number of epoxide rings is 1. The number of hydrogen-bond donors (Lipinski definition) is 0. The van der Waals surface area contributed by atoms with Crippen LogP contribution in [0.15, 0.2) is 0 Å². The van der Waals surface area contributed by atoms with Gasteiger partial charge in [0.15, 0.2) is 5.79 Å². The van der Waals surface area contributed by atoms with Crippen LogP contribution >= 0.6 is 0 Å². The third-order valence-corrected chi connectivity index (χ3v) is 3.15. The van der Waals surface area contributed by atoms with Crippen LogP contribution in [0.3, 0.4) is 0 Å². The molecular formula is C9H14O3. The van der Waals surface area contributed by atoms with E-state index in [4.69, 9.17) is 14.2 Å². The van der Waals surface area contributed by atoms with Crippen molar-refractivity contribution < 1.29 is 14.2 Å². The van der Waals surface area contributed by atoms with Gasteiger partial charge in [-0.1, -0.05) is 0 Å². The highest BCUT2D eigenvalue weighted by atomic mass is 16.7. The Kier molecular flexibility index (Phi) is 1.35. The van der Waals surface area contributed by atoms with E-state index in [1.807, 2.05) is 0 Å². The van der Waals surface area contributed by atoms with Crippen molar-refractivity contribution in [2.45, 2.75) is 37.1 Å². The van der Waals surface area contributed by atoms with Crippen LogP contribution in [-0.4, -0.2) is 31.2 Å². The summed E-state index contributed by atoms with van der Waals surface area (Å²) in [7, 11) is 0. The van der Waals surface area contributed by atoms with Gasteiger partial charge in [0.25, 0.3) is 0 Å². The molecule has 68 valence electrons. The van der Waals surface area contributed by atoms with Crippen molar-refractivity contribution in [1.82, 2.24) is 0 Å². The quantitative estimate of drug-likeness (QED) is 0.509. The van der Waals surface area contributed by atoms with Crippen molar-refractivity contribution in [1.29, 1.82) is 0 Å². The zero-order chi connectivity index (χ0) is 8.07. The van der Waals surface area contributed by atoms with E-state index in [-0.39, 0.29) is 11.4 Å². The SMILES string of the molecule is C1CC2(C[C@@]3(C1)CO3)OCCO2. The maximum absolute atomic E-state index is 5.65. The first-order chi connectivity index (χ1) is 5.83. The predicted octanol–water partition coefficient (Wildman–Crippen LogP) is 1.07. The maximum atomic E-state index is 5.65. The fourth-order valence-corrected chi connectivity index (χ4v) is 2.44. The molecule has 3 rings (SSSR count). The summed E-state index contributed by atoms with van der Waals surface area (Å²) in [4.78, 5) is 0. The van der Waals surface area contributed by atoms with Crippen molar-refractivity contribution in [2.24, 2.45) is 0 Å². The van der Waals surface area contributed by atoms with Crippen LogP contribution in [0.2, 0.25) is 0 Å². The standard InChI is InChI=1S/C9H14O3/c1-2-8(7-12-8)6-9(3-1)10-4-5-11-9/h1-7H2/t8-/m0/s1. The van der Waals surface area contributed by atoms with Crippen molar-refractivity contribution >= 4 is 0 Å². The van der Waals surface area contributed by atoms with Gasteiger partial charge in [0.1, 0.15) is 0 Å². The third-order valence-electron chi connectivity index (χ3n) is 3.15. The van der Waals surface area contributed by atoms with Crippen LogP contribution in [0.25, 0.3) is 0 Å². The largest absolute Gasteiger partial charge is 0.369 e. The average Bonchev–Trinajstić information content (AvgIpc) is 2.63. The minimum Gasteiger partial charge on any atom is -0.369 e. The molecule has 2 saturated heterocycles. The molecule has 2 spiro atoms. The molecule has 2 aliphatic heterocycles. The molecule has 0 amide bonds. The Morgan fingerprint density at radius 2 is 1.67 bits per heavy atom. The minimum absolute atomic E-state index is 0.155. The predicted molar refractivity (Wildman–Crippen MR) is 41.8 cm³/mol. The molecule has 0 bridgehead atoms. The molecule has 2 heterocycles. The highest BCUT2D eigenvalue weighted by molar-refractivity contribution is 5.01. The third kappa shape index (κ3) is 1.00. The zero-order valence-electron chi connectivity index (χ0n) is 7.17. The lowest BCUT2D eigenvalue weighted by Gasteiger charge is -2.34. The molecule has 3 nitrogen and oxygen atoms in total. The topological polar surface area (TPSA) is 31.0 Å². The van der Waals surface area contributed by atoms with E-state index in [1.54, 1.807) is 0 Å². The summed E-state index contributed by atoms with van der Waals surface area (Å²) in [5, 5.41) is 0. The molecule has 3 fully saturated rings. The number of ether oxygens (including phenoxy) is 3. The van der Waals surface area contributed by atoms with Gasteiger partial charge in [0, 0.05) is 12.8 Å². The van der Waals surface area contributed by atoms with Gasteiger partial charge in [-0.15, -0.1) is 0 Å². The van der Waals surface area contributed by atoms with Gasteiger partial charge in [-0.3, -0.25) is 0 Å². The molecule has 1 saturated carbocycles. The second kappa shape index (κ2) is 2.22. The summed E-state index contributed by atoms with van der Waals surface area (Å²) in [6, 6.07) is 0. The van der Waals surface area contributed by atoms with E-state index in [0.717, 1.165) is 32.7 Å². The van der Waals surface area contributed by atoms with E-state index in [2.05, 4.69) is 0 Å². The molecule has 0 aromatic carbocycles. The first-order valence-electron chi connectivity index (χ1n) is 4.75. The first-order valence-corrected chi connectivity index (χ1v) is 4.75. The van der Waals surface area contributed by atoms with Gasteiger partial charge in [0.2, 0.25) is 0 Å². The van der Waals surface area contributed by atoms with Crippen LogP contribution in [0, 0.1) is 0 Å². The van der Waals surface area contributed by atoms with Gasteiger partial charge in [0.05, 0.1) is 25.4 Å². The van der Waals surface area contributed by atoms with Crippen molar-refractivity contribution in [2.75, 3.05) is 19.8 Å². The minimum atomic E-state index is -0.255. The van der Waals surface area contributed by atoms with E-state index < -0.39 is 0 Å². The van der Waals surface area contributed by atoms with Crippen LogP contribution in [0.4, 0.5) is 0 Å². The van der Waals surface area contributed by atoms with Crippen LogP contribution < -0.4 is 0 Å². The molecule has 0 N–H and O–H groups in total. The van der Waals surface area contributed by atoms with Crippen LogP contribution in [0.1, 0.15) is 25.7 Å². The van der Waals surface area contributed by atoms with Gasteiger partial charge in [-0.2, -0.15) is 0 Å². The molecule has 1 atom stereocenters. The lowest BCUT2D eigenvalue weighted by atomic mass is 9.85. The van der Waals surface area contributed by atoms with Gasteiger partial charge >= 0.3 is 0 Å². The summed E-state index contributed by atoms with van der Waals surface area (Å²) >= 11 is 0. The Morgan fingerprint density at radius 3 is 2.33 bits per heavy atom. The summed E-state index contributed by atoms with van der Waals surface area (Å²) in [5.41, 5.74) is 0.155. The summed E-state index contributed by atoms with van der Waals surface area (Å²) in [6.07, 6.45) is 4.39. The lowest BCUT2D eigenvalue weighted by molar-refractivity contribution is -0.189. The second-order valence-corrected chi connectivity index (χ2v) is 4.11. The van der Waals surface area contributed by atoms with E-state index >= 15 is 0 Å². The monoisotopic (exact) mass is 170 g/mol. The van der Waals surface area contributed by atoms with Crippen LogP contribution in [-0.2, 0) is 14.2 Å². The Hall–Kier alpha value is -0.120. The molecule has 0 unspecified atom stereocenters. The van der Waals surface area contributed by atoms with E-state index in [1.165, 1.54) is 12.8 Å². The Balaban J connectivity index is 1.78. The first kappa shape index (κ1) is 7.30. The molecule has 0 aromatic rings. The molecule has 3 heteroatoms. The molecular weight excluding hydrogens is 156 g/mol. The lowest BCUT2D eigenvalue weighted by Crippen LogP contribution is -2.40. The number of rotatable bonds is 0. The zero-order valence-corrected chi connectivity index (χ0v) is 7.17. The average molecular weight is 170 g/mol. The maximum Gasteiger partial charge on any atom is 0.171 e. The van der Waals surface area contributed by atoms with E-state index in [9.17, 15) is 0 Å². The normalized spacial score (nSPS) is 44.0. The fraction of sp³-hybridized carbons (Fsp3) is 1.00. The Labute approximate surface area is 72.0 Å². The fourth-order valence-electron chi connectivity index (χ4n) is 2.44. The summed E-state index contributed by atoms with van der Waals surface area (Å²) in [6.45, 7) is 2.44. The molecule has 0 aromatic heterocycles. The van der Waals surface area contributed by atoms with E-state index in [0.29, 0.717) is 0 Å². The molecule has 1 aliphatic carbocycles. The molecule has 0 radical (unpaired) electrons. The molecule has 12 heavy (non-hydrogen) atoms. The van der Waals surface area contributed by atoms with Crippen LogP contribution in [0.5, 0.6) is 0 Å². The molecule has 3 aliphatic rings. The smallest absolute Gasteiger partial charge is 0.171 e. The Bertz CT molecular complexity index is 192. The van der Waals surface area contributed by atoms with Gasteiger partial charge < -0.3 is 14.2 Å². The van der Waals surface area contributed by atoms with Gasteiger partial charge in [-0.05, 0) is 12.8 Å². The second-order valence-electron chi connectivity index (χ2n) is 4.11. The highest BCUT2D eigenvalue weighted by Crippen LogP contribution is 2.48. The summed E-state index contributed by atoms with van der Waals surface area (Å²) in [5.74, 6) is -0.255. The highest BCUT2D eigenvalue weighted by Gasteiger charge is 2.55. The van der Waals surface area contributed by atoms with Crippen molar-refractivity contribution in [3.05, 3.63) is 0 Å². The summed E-state index contributed by atoms with van der Waals surface area (Å²) < 4.78 is 16.8. The van der Waals surface area contributed by atoms with Gasteiger partial charge in [-0.25, -0.2) is 0 Å². The Morgan fingerprint density at radius 1 is 0.917 bits per heavy atom. The van der Waals surface area contributed by atoms with Crippen molar-refractivity contribution in [3.63, 3.8) is 0 Å².